The van der Waals surface area contributed by atoms with Crippen LogP contribution in [-0.4, -0.2) is 36.5 Å². The third-order valence-electron chi connectivity index (χ3n) is 4.45. The van der Waals surface area contributed by atoms with E-state index in [1.807, 2.05) is 25.1 Å². The summed E-state index contributed by atoms with van der Waals surface area (Å²) in [5.74, 6) is -0.0214. The third-order valence-corrected chi connectivity index (χ3v) is 5.08. The minimum atomic E-state index is -0.357. The van der Waals surface area contributed by atoms with E-state index in [0.29, 0.717) is 34.7 Å². The second kappa shape index (κ2) is 10.9. The van der Waals surface area contributed by atoms with Crippen LogP contribution in [0.1, 0.15) is 31.7 Å². The second-order valence-electron chi connectivity index (χ2n) is 6.49. The molecular weight excluding hydrogens is 397 g/mol. The minimum absolute atomic E-state index is 0.0852. The monoisotopic (exact) mass is 421 g/mol. The summed E-state index contributed by atoms with van der Waals surface area (Å²) in [6, 6.07) is 14.9. The van der Waals surface area contributed by atoms with Gasteiger partial charge in [-0.15, -0.1) is 0 Å². The van der Waals surface area contributed by atoms with Crippen molar-refractivity contribution in [2.45, 2.75) is 26.2 Å². The Kier molecular flexibility index (Phi) is 8.61. The number of rotatable bonds is 8. The first kappa shape index (κ1) is 22.1. The predicted molar refractivity (Wildman–Crippen MR) is 115 cm³/mol. The molecule has 0 aliphatic carbocycles. The SMILES string of the molecule is CCN(CC(=O)Nc1c(Cl)cccc1Cl)C(=O)NCCC(C)c1ccccc1. The van der Waals surface area contributed by atoms with E-state index in [2.05, 4.69) is 29.7 Å². The Morgan fingerprint density at radius 3 is 2.29 bits per heavy atom. The number of hydrogen-bond acceptors (Lipinski definition) is 2. The average Bonchev–Trinajstić information content (AvgIpc) is 2.69. The highest BCUT2D eigenvalue weighted by Crippen LogP contribution is 2.29. The van der Waals surface area contributed by atoms with Crippen molar-refractivity contribution in [2.24, 2.45) is 0 Å². The van der Waals surface area contributed by atoms with Crippen LogP contribution in [0, 0.1) is 0 Å². The van der Waals surface area contributed by atoms with Crippen molar-refractivity contribution in [3.8, 4) is 0 Å². The largest absolute Gasteiger partial charge is 0.338 e. The number of nitrogens with one attached hydrogen (secondary N) is 2. The van der Waals surface area contributed by atoms with E-state index in [-0.39, 0.29) is 18.5 Å². The van der Waals surface area contributed by atoms with Crippen LogP contribution in [0.15, 0.2) is 48.5 Å². The zero-order valence-electron chi connectivity index (χ0n) is 16.0. The van der Waals surface area contributed by atoms with Crippen LogP contribution in [0.25, 0.3) is 0 Å². The number of hydrogen-bond donors (Lipinski definition) is 2. The van der Waals surface area contributed by atoms with E-state index in [1.165, 1.54) is 10.5 Å². The van der Waals surface area contributed by atoms with Crippen molar-refractivity contribution in [3.05, 3.63) is 64.1 Å². The van der Waals surface area contributed by atoms with E-state index >= 15 is 0 Å². The van der Waals surface area contributed by atoms with Crippen LogP contribution in [0.2, 0.25) is 10.0 Å². The van der Waals surface area contributed by atoms with E-state index in [0.717, 1.165) is 6.42 Å². The molecule has 0 aliphatic heterocycles. The van der Waals surface area contributed by atoms with Gasteiger partial charge >= 0.3 is 6.03 Å². The predicted octanol–water partition coefficient (Wildman–Crippen LogP) is 5.16. The zero-order chi connectivity index (χ0) is 20.5. The fourth-order valence-electron chi connectivity index (χ4n) is 2.75. The molecule has 0 saturated heterocycles. The Labute approximate surface area is 176 Å². The lowest BCUT2D eigenvalue weighted by Gasteiger charge is -2.22. The molecule has 1 unspecified atom stereocenters. The van der Waals surface area contributed by atoms with Gasteiger partial charge in [0.2, 0.25) is 5.91 Å². The summed E-state index contributed by atoms with van der Waals surface area (Å²) in [5, 5.41) is 6.25. The van der Waals surface area contributed by atoms with Gasteiger partial charge in [-0.3, -0.25) is 4.79 Å². The summed E-state index contributed by atoms with van der Waals surface area (Å²) in [4.78, 5) is 26.1. The van der Waals surface area contributed by atoms with Crippen LogP contribution in [0.4, 0.5) is 10.5 Å². The molecule has 2 aromatic carbocycles. The van der Waals surface area contributed by atoms with Gasteiger partial charge in [-0.05, 0) is 37.0 Å². The van der Waals surface area contributed by atoms with E-state index < -0.39 is 0 Å². The number of para-hydroxylation sites is 1. The number of likely N-dealkylation sites (N-methyl/N-ethyl adjacent to an activating group) is 1. The van der Waals surface area contributed by atoms with Crippen LogP contribution < -0.4 is 10.6 Å². The number of amides is 3. The van der Waals surface area contributed by atoms with E-state index in [9.17, 15) is 9.59 Å². The van der Waals surface area contributed by atoms with Crippen LogP contribution >= 0.6 is 23.2 Å². The Balaban J connectivity index is 1.83. The fourth-order valence-corrected chi connectivity index (χ4v) is 3.24. The molecule has 0 radical (unpaired) electrons. The number of urea groups is 1. The summed E-state index contributed by atoms with van der Waals surface area (Å²) < 4.78 is 0. The Bertz CT molecular complexity index is 779. The molecule has 0 spiro atoms. The van der Waals surface area contributed by atoms with Crippen molar-refractivity contribution in [3.63, 3.8) is 0 Å². The molecular formula is C21H25Cl2N3O2. The van der Waals surface area contributed by atoms with Gasteiger partial charge in [0.25, 0.3) is 0 Å². The third kappa shape index (κ3) is 6.43. The maximum absolute atomic E-state index is 12.4. The molecule has 150 valence electrons. The molecule has 2 aromatic rings. The Hall–Kier alpha value is -2.24. The maximum Gasteiger partial charge on any atom is 0.317 e. The molecule has 5 nitrogen and oxygen atoms in total. The second-order valence-corrected chi connectivity index (χ2v) is 7.31. The molecule has 2 rings (SSSR count). The molecule has 28 heavy (non-hydrogen) atoms. The quantitative estimate of drug-likeness (QED) is 0.618. The number of carbonyl (C=O) groups excluding carboxylic acids is 2. The van der Waals surface area contributed by atoms with E-state index in [1.54, 1.807) is 18.2 Å². The topological polar surface area (TPSA) is 61.4 Å². The molecule has 2 N–H and O–H groups in total. The van der Waals surface area contributed by atoms with Gasteiger partial charge in [-0.2, -0.15) is 0 Å². The highest BCUT2D eigenvalue weighted by Gasteiger charge is 2.17. The van der Waals surface area contributed by atoms with Gasteiger partial charge in [-0.25, -0.2) is 4.79 Å². The fraction of sp³-hybridized carbons (Fsp3) is 0.333. The summed E-state index contributed by atoms with van der Waals surface area (Å²) >= 11 is 12.1. The van der Waals surface area contributed by atoms with E-state index in [4.69, 9.17) is 23.2 Å². The number of benzene rings is 2. The minimum Gasteiger partial charge on any atom is -0.338 e. The van der Waals surface area contributed by atoms with Gasteiger partial charge in [0.15, 0.2) is 0 Å². The van der Waals surface area contributed by atoms with Crippen molar-refractivity contribution >= 4 is 40.8 Å². The standard InChI is InChI=1S/C21H25Cl2N3O2/c1-3-26(14-19(27)25-20-17(22)10-7-11-18(20)23)21(28)24-13-12-15(2)16-8-5-4-6-9-16/h4-11,15H,3,12-14H2,1-2H3,(H,24,28)(H,25,27). The number of carbonyl (C=O) groups is 2. The summed E-state index contributed by atoms with van der Waals surface area (Å²) in [7, 11) is 0. The van der Waals surface area contributed by atoms with Gasteiger partial charge in [-0.1, -0.05) is 66.5 Å². The summed E-state index contributed by atoms with van der Waals surface area (Å²) in [6.45, 7) is 4.80. The smallest absolute Gasteiger partial charge is 0.317 e. The summed E-state index contributed by atoms with van der Waals surface area (Å²) in [5.41, 5.74) is 1.59. The van der Waals surface area contributed by atoms with Gasteiger partial charge in [0.1, 0.15) is 6.54 Å². The molecule has 3 amide bonds. The van der Waals surface area contributed by atoms with Gasteiger partial charge in [0, 0.05) is 13.1 Å². The number of halogens is 2. The lowest BCUT2D eigenvalue weighted by atomic mass is 9.98. The number of nitrogens with zero attached hydrogens (tertiary/aromatic N) is 1. The zero-order valence-corrected chi connectivity index (χ0v) is 17.6. The highest BCUT2D eigenvalue weighted by molar-refractivity contribution is 6.39. The first-order valence-electron chi connectivity index (χ1n) is 9.24. The van der Waals surface area contributed by atoms with Crippen molar-refractivity contribution < 1.29 is 9.59 Å². The lowest BCUT2D eigenvalue weighted by molar-refractivity contribution is -0.116. The molecule has 0 aliphatic rings. The first-order valence-corrected chi connectivity index (χ1v) is 9.99. The molecule has 0 aromatic heterocycles. The average molecular weight is 422 g/mol. The molecule has 0 fully saturated rings. The normalized spacial score (nSPS) is 11.6. The van der Waals surface area contributed by atoms with Crippen molar-refractivity contribution in [1.29, 1.82) is 0 Å². The van der Waals surface area contributed by atoms with Crippen LogP contribution in [0.5, 0.6) is 0 Å². The lowest BCUT2D eigenvalue weighted by Crippen LogP contribution is -2.44. The Morgan fingerprint density at radius 2 is 1.68 bits per heavy atom. The molecule has 7 heteroatoms. The molecule has 0 bridgehead atoms. The molecule has 0 saturated carbocycles. The van der Waals surface area contributed by atoms with Crippen LogP contribution in [-0.2, 0) is 4.79 Å². The van der Waals surface area contributed by atoms with Crippen molar-refractivity contribution in [2.75, 3.05) is 25.0 Å². The Morgan fingerprint density at radius 1 is 1.04 bits per heavy atom. The maximum atomic E-state index is 12.4. The summed E-state index contributed by atoms with van der Waals surface area (Å²) in [6.07, 6.45) is 0.814. The van der Waals surface area contributed by atoms with Gasteiger partial charge < -0.3 is 15.5 Å². The van der Waals surface area contributed by atoms with Crippen molar-refractivity contribution in [1.82, 2.24) is 10.2 Å². The first-order chi connectivity index (χ1) is 13.4. The highest BCUT2D eigenvalue weighted by atomic mass is 35.5. The van der Waals surface area contributed by atoms with Gasteiger partial charge in [0.05, 0.1) is 15.7 Å². The number of anilines is 1. The molecule has 0 heterocycles. The van der Waals surface area contributed by atoms with Crippen LogP contribution in [0.3, 0.4) is 0 Å². The molecule has 1 atom stereocenters.